The Morgan fingerprint density at radius 3 is 2.20 bits per heavy atom. The molecule has 0 spiro atoms. The molecule has 0 aliphatic heterocycles. The summed E-state index contributed by atoms with van der Waals surface area (Å²) in [6.07, 6.45) is 0. The van der Waals surface area contributed by atoms with E-state index in [0.717, 1.165) is 5.56 Å². The van der Waals surface area contributed by atoms with Crippen LogP contribution in [0.5, 0.6) is 0 Å². The third-order valence-electron chi connectivity index (χ3n) is 3.10. The number of thiophene rings is 1. The average Bonchev–Trinajstić information content (AvgIpc) is 2.98. The number of hydrogen-bond donors (Lipinski definition) is 0. The van der Waals surface area contributed by atoms with Gasteiger partial charge in [-0.15, -0.1) is 11.3 Å². The number of carbonyl (C=O) groups excluding carboxylic acids is 1. The van der Waals surface area contributed by atoms with E-state index in [1.54, 1.807) is 23.5 Å². The van der Waals surface area contributed by atoms with Gasteiger partial charge in [-0.05, 0) is 51.9 Å². The Bertz CT molecular complexity index is 729. The highest BCUT2D eigenvalue weighted by Gasteiger charge is 2.06. The zero-order valence-corrected chi connectivity index (χ0v) is 12.1. The molecule has 2 aromatic carbocycles. The van der Waals surface area contributed by atoms with Gasteiger partial charge in [0.25, 0.3) is 5.24 Å². The average molecular weight is 299 g/mol. The van der Waals surface area contributed by atoms with E-state index >= 15 is 0 Å². The fourth-order valence-corrected chi connectivity index (χ4v) is 3.09. The van der Waals surface area contributed by atoms with E-state index < -0.39 is 5.24 Å². The van der Waals surface area contributed by atoms with Crippen LogP contribution in [0.1, 0.15) is 10.4 Å². The molecule has 0 saturated carbocycles. The molecule has 3 aromatic rings. The molecule has 20 heavy (non-hydrogen) atoms. The van der Waals surface area contributed by atoms with Crippen molar-refractivity contribution in [2.24, 2.45) is 0 Å². The van der Waals surface area contributed by atoms with Crippen LogP contribution in [-0.4, -0.2) is 5.24 Å². The Labute approximate surface area is 126 Å². The molecular formula is C17H11ClOS. The second kappa shape index (κ2) is 5.61. The zero-order chi connectivity index (χ0) is 13.9. The lowest BCUT2D eigenvalue weighted by atomic mass is 10.1. The summed E-state index contributed by atoms with van der Waals surface area (Å²) in [7, 11) is 0. The van der Waals surface area contributed by atoms with Crippen molar-refractivity contribution in [3.05, 3.63) is 71.6 Å². The summed E-state index contributed by atoms with van der Waals surface area (Å²) in [6, 6.07) is 19.8. The SMILES string of the molecule is O=C(Cl)c1ccc(-c2cc(-c3ccccc3)cs2)cc1. The molecule has 0 bridgehead atoms. The van der Waals surface area contributed by atoms with E-state index in [2.05, 4.69) is 23.6 Å². The molecule has 0 radical (unpaired) electrons. The molecule has 0 unspecified atom stereocenters. The van der Waals surface area contributed by atoms with Gasteiger partial charge in [-0.3, -0.25) is 4.79 Å². The van der Waals surface area contributed by atoms with Crippen molar-refractivity contribution in [2.75, 3.05) is 0 Å². The van der Waals surface area contributed by atoms with Gasteiger partial charge in [0.2, 0.25) is 0 Å². The molecule has 1 nitrogen and oxygen atoms in total. The van der Waals surface area contributed by atoms with Crippen molar-refractivity contribution in [2.45, 2.75) is 0 Å². The van der Waals surface area contributed by atoms with E-state index in [4.69, 9.17) is 11.6 Å². The number of benzene rings is 2. The molecule has 0 N–H and O–H groups in total. The molecule has 3 heteroatoms. The van der Waals surface area contributed by atoms with Gasteiger partial charge in [-0.25, -0.2) is 0 Å². The van der Waals surface area contributed by atoms with Crippen LogP contribution in [0.2, 0.25) is 0 Å². The van der Waals surface area contributed by atoms with Crippen LogP contribution >= 0.6 is 22.9 Å². The van der Waals surface area contributed by atoms with Crippen molar-refractivity contribution < 1.29 is 4.79 Å². The first kappa shape index (κ1) is 13.1. The molecular weight excluding hydrogens is 288 g/mol. The Balaban J connectivity index is 1.92. The molecule has 0 fully saturated rings. The van der Waals surface area contributed by atoms with E-state index in [1.807, 2.05) is 30.3 Å². The number of hydrogen-bond acceptors (Lipinski definition) is 2. The smallest absolute Gasteiger partial charge is 0.252 e. The van der Waals surface area contributed by atoms with Gasteiger partial charge >= 0.3 is 0 Å². The highest BCUT2D eigenvalue weighted by molar-refractivity contribution is 7.14. The lowest BCUT2D eigenvalue weighted by Crippen LogP contribution is -1.86. The first-order valence-electron chi connectivity index (χ1n) is 6.18. The molecule has 98 valence electrons. The van der Waals surface area contributed by atoms with Gasteiger partial charge in [-0.1, -0.05) is 42.5 Å². The van der Waals surface area contributed by atoms with Crippen LogP contribution < -0.4 is 0 Å². The maximum Gasteiger partial charge on any atom is 0.252 e. The second-order valence-electron chi connectivity index (χ2n) is 4.42. The minimum absolute atomic E-state index is 0.423. The fourth-order valence-electron chi connectivity index (χ4n) is 2.04. The van der Waals surface area contributed by atoms with E-state index in [-0.39, 0.29) is 0 Å². The van der Waals surface area contributed by atoms with Crippen LogP contribution in [-0.2, 0) is 0 Å². The second-order valence-corrected chi connectivity index (χ2v) is 5.67. The summed E-state index contributed by atoms with van der Waals surface area (Å²) in [4.78, 5) is 12.2. The predicted molar refractivity (Wildman–Crippen MR) is 85.4 cm³/mol. The van der Waals surface area contributed by atoms with E-state index in [0.29, 0.717) is 5.56 Å². The molecule has 0 amide bonds. The molecule has 0 aliphatic carbocycles. The monoisotopic (exact) mass is 298 g/mol. The van der Waals surface area contributed by atoms with Crippen LogP contribution in [0.4, 0.5) is 0 Å². The minimum atomic E-state index is -0.423. The van der Waals surface area contributed by atoms with Gasteiger partial charge in [0, 0.05) is 10.4 Å². The van der Waals surface area contributed by atoms with Gasteiger partial charge in [0.1, 0.15) is 0 Å². The van der Waals surface area contributed by atoms with Gasteiger partial charge in [0.05, 0.1) is 0 Å². The topological polar surface area (TPSA) is 17.1 Å². The first-order chi connectivity index (χ1) is 9.74. The van der Waals surface area contributed by atoms with Crippen molar-refractivity contribution in [3.8, 4) is 21.6 Å². The van der Waals surface area contributed by atoms with Gasteiger partial charge < -0.3 is 0 Å². The van der Waals surface area contributed by atoms with Crippen LogP contribution in [0.15, 0.2) is 66.0 Å². The van der Waals surface area contributed by atoms with Crippen LogP contribution in [0.3, 0.4) is 0 Å². The van der Waals surface area contributed by atoms with Gasteiger partial charge in [-0.2, -0.15) is 0 Å². The summed E-state index contributed by atoms with van der Waals surface area (Å²) in [6.45, 7) is 0. The molecule has 0 aliphatic rings. The minimum Gasteiger partial charge on any atom is -0.276 e. The summed E-state index contributed by atoms with van der Waals surface area (Å²) in [5.41, 5.74) is 4.04. The lowest BCUT2D eigenvalue weighted by Gasteiger charge is -1.99. The fraction of sp³-hybridized carbons (Fsp3) is 0. The molecule has 3 rings (SSSR count). The number of halogens is 1. The number of rotatable bonds is 3. The zero-order valence-electron chi connectivity index (χ0n) is 10.5. The molecule has 1 heterocycles. The summed E-state index contributed by atoms with van der Waals surface area (Å²) >= 11 is 7.14. The first-order valence-corrected chi connectivity index (χ1v) is 7.44. The lowest BCUT2D eigenvalue weighted by molar-refractivity contribution is 0.108. The third kappa shape index (κ3) is 2.67. The number of carbonyl (C=O) groups is 1. The van der Waals surface area contributed by atoms with Crippen LogP contribution in [0.25, 0.3) is 21.6 Å². The third-order valence-corrected chi connectivity index (χ3v) is 4.30. The standard InChI is InChI=1S/C17H11ClOS/c18-17(19)14-8-6-13(7-9-14)16-10-15(11-20-16)12-4-2-1-3-5-12/h1-11H. The van der Waals surface area contributed by atoms with Crippen molar-refractivity contribution >= 4 is 28.2 Å². The van der Waals surface area contributed by atoms with Crippen molar-refractivity contribution in [3.63, 3.8) is 0 Å². The normalized spacial score (nSPS) is 10.4. The van der Waals surface area contributed by atoms with Crippen LogP contribution in [0, 0.1) is 0 Å². The Hall–Kier alpha value is -1.90. The Morgan fingerprint density at radius 1 is 0.850 bits per heavy atom. The van der Waals surface area contributed by atoms with Crippen molar-refractivity contribution in [1.82, 2.24) is 0 Å². The van der Waals surface area contributed by atoms with E-state index in [1.165, 1.54) is 16.0 Å². The van der Waals surface area contributed by atoms with E-state index in [9.17, 15) is 4.79 Å². The summed E-state index contributed by atoms with van der Waals surface area (Å²) < 4.78 is 0. The Kier molecular flexibility index (Phi) is 3.68. The molecule has 0 saturated heterocycles. The largest absolute Gasteiger partial charge is 0.276 e. The summed E-state index contributed by atoms with van der Waals surface area (Å²) in [5, 5.41) is 1.72. The highest BCUT2D eigenvalue weighted by Crippen LogP contribution is 2.32. The highest BCUT2D eigenvalue weighted by atomic mass is 35.5. The summed E-state index contributed by atoms with van der Waals surface area (Å²) in [5.74, 6) is 0. The maximum absolute atomic E-state index is 11.1. The van der Waals surface area contributed by atoms with Crippen molar-refractivity contribution in [1.29, 1.82) is 0 Å². The predicted octanol–water partition coefficient (Wildman–Crippen LogP) is 5.46. The molecule has 1 aromatic heterocycles. The Morgan fingerprint density at radius 2 is 1.55 bits per heavy atom. The molecule has 0 atom stereocenters. The maximum atomic E-state index is 11.1. The van der Waals surface area contributed by atoms with Gasteiger partial charge in [0.15, 0.2) is 0 Å². The quantitative estimate of drug-likeness (QED) is 0.587.